The van der Waals surface area contributed by atoms with E-state index in [-0.39, 0.29) is 12.3 Å². The molecule has 0 amide bonds. The van der Waals surface area contributed by atoms with Crippen LogP contribution in [0.15, 0.2) is 0 Å². The predicted molar refractivity (Wildman–Crippen MR) is 44.2 cm³/mol. The molecule has 0 radical (unpaired) electrons. The second-order valence-corrected chi connectivity index (χ2v) is 3.04. The number of carbonyl (C=O) groups is 2. The summed E-state index contributed by atoms with van der Waals surface area (Å²) in [6.45, 7) is 9.22. The predicted octanol–water partition coefficient (Wildman–Crippen LogP) is 0.464. The Balaban J connectivity index is 0.000000236. The number of epoxide rings is 1. The number of hydrogen-bond donors (Lipinski definition) is 0. The summed E-state index contributed by atoms with van der Waals surface area (Å²) in [6, 6.07) is 0. The van der Waals surface area contributed by atoms with Crippen molar-refractivity contribution in [3.8, 4) is 0 Å². The van der Waals surface area contributed by atoms with Gasteiger partial charge in [0.2, 0.25) is 0 Å². The summed E-state index contributed by atoms with van der Waals surface area (Å²) in [5.41, 5.74) is 0. The van der Waals surface area contributed by atoms with Crippen molar-refractivity contribution in [3.63, 3.8) is 0 Å². The van der Waals surface area contributed by atoms with E-state index < -0.39 is 11.9 Å². The van der Waals surface area contributed by atoms with Gasteiger partial charge in [-0.2, -0.15) is 0 Å². The fourth-order valence-electron chi connectivity index (χ4n) is 0.684. The average molecular weight is 200 g/mol. The van der Waals surface area contributed by atoms with Crippen LogP contribution < -0.4 is 0 Å². The Kier molecular flexibility index (Phi) is 5.79. The number of cyclic esters (lactones) is 2. The first-order valence-electron chi connectivity index (χ1n) is 4.16. The van der Waals surface area contributed by atoms with Crippen LogP contribution in [0.25, 0.3) is 0 Å². The summed E-state index contributed by atoms with van der Waals surface area (Å²) in [5.74, 6) is -1.01. The standard InChI is InChI=1S/C5H6O3.C3H6O.CO/c1-3-2-4(6)8-5(3)7;1-3-2-4-3;1-2/h3H,2H2,1H3;3H,2H2,1H3;. The summed E-state index contributed by atoms with van der Waals surface area (Å²) >= 11 is 0. The first kappa shape index (κ1) is 12.8. The van der Waals surface area contributed by atoms with E-state index >= 15 is 0 Å². The molecular weight excluding hydrogens is 188 g/mol. The van der Waals surface area contributed by atoms with Gasteiger partial charge in [0.1, 0.15) is 0 Å². The van der Waals surface area contributed by atoms with Crippen molar-refractivity contribution in [1.82, 2.24) is 0 Å². The number of esters is 2. The molecule has 2 saturated heterocycles. The molecule has 0 saturated carbocycles. The van der Waals surface area contributed by atoms with E-state index in [0.717, 1.165) is 6.61 Å². The Hall–Kier alpha value is -1.16. The van der Waals surface area contributed by atoms with Crippen LogP contribution in [-0.4, -0.2) is 24.6 Å². The summed E-state index contributed by atoms with van der Waals surface area (Å²) in [6.07, 6.45) is 0.832. The van der Waals surface area contributed by atoms with Crippen LogP contribution in [0, 0.1) is 12.6 Å². The van der Waals surface area contributed by atoms with Crippen LogP contribution in [0.2, 0.25) is 0 Å². The monoisotopic (exact) mass is 200 g/mol. The van der Waals surface area contributed by atoms with Gasteiger partial charge in [-0.25, -0.2) is 0 Å². The molecule has 0 aliphatic carbocycles. The summed E-state index contributed by atoms with van der Waals surface area (Å²) in [7, 11) is 0. The molecule has 2 aliphatic heterocycles. The number of hydrogen-bond acceptors (Lipinski definition) is 4. The third kappa shape index (κ3) is 5.48. The number of ether oxygens (including phenoxy) is 2. The van der Waals surface area contributed by atoms with Crippen molar-refractivity contribution < 1.29 is 23.7 Å². The zero-order valence-corrected chi connectivity index (χ0v) is 8.11. The van der Waals surface area contributed by atoms with Gasteiger partial charge in [0.25, 0.3) is 0 Å². The molecule has 78 valence electrons. The van der Waals surface area contributed by atoms with Gasteiger partial charge in [0.15, 0.2) is 0 Å². The van der Waals surface area contributed by atoms with E-state index in [1.165, 1.54) is 0 Å². The van der Waals surface area contributed by atoms with E-state index in [9.17, 15) is 9.59 Å². The maximum absolute atomic E-state index is 10.3. The van der Waals surface area contributed by atoms with Gasteiger partial charge in [-0.3, -0.25) is 9.59 Å². The SMILES string of the molecule is CC1CC(=O)OC1=O.CC1CO1.[C-]#[O+]. The van der Waals surface area contributed by atoms with E-state index in [1.807, 2.05) is 0 Å². The Bertz CT molecular complexity index is 229. The van der Waals surface area contributed by atoms with Gasteiger partial charge in [0, 0.05) is 0 Å². The summed E-state index contributed by atoms with van der Waals surface area (Å²) in [5, 5.41) is 0. The van der Waals surface area contributed by atoms with Gasteiger partial charge in [-0.05, 0) is 6.92 Å². The van der Waals surface area contributed by atoms with Gasteiger partial charge >= 0.3 is 23.2 Å². The minimum atomic E-state index is -0.400. The molecule has 0 aromatic carbocycles. The maximum atomic E-state index is 10.3. The molecule has 5 heteroatoms. The average Bonchev–Trinajstić information content (AvgIpc) is 2.86. The molecule has 2 rings (SSSR count). The molecule has 5 nitrogen and oxygen atoms in total. The van der Waals surface area contributed by atoms with Gasteiger partial charge in [-0.15, -0.1) is 0 Å². The first-order valence-corrected chi connectivity index (χ1v) is 4.16. The van der Waals surface area contributed by atoms with Crippen LogP contribution in [0.5, 0.6) is 0 Å². The van der Waals surface area contributed by atoms with Crippen LogP contribution in [0.4, 0.5) is 0 Å². The van der Waals surface area contributed by atoms with Crippen molar-refractivity contribution in [2.75, 3.05) is 6.61 Å². The summed E-state index contributed by atoms with van der Waals surface area (Å²) < 4.78 is 16.4. The van der Waals surface area contributed by atoms with Crippen LogP contribution in [0.3, 0.4) is 0 Å². The topological polar surface area (TPSA) is 75.8 Å². The molecule has 2 heterocycles. The van der Waals surface area contributed by atoms with E-state index in [4.69, 9.17) is 9.39 Å². The molecule has 0 N–H and O–H groups in total. The van der Waals surface area contributed by atoms with Gasteiger partial charge in [-0.1, -0.05) is 6.92 Å². The number of carbonyl (C=O) groups excluding carboxylic acids is 2. The van der Waals surface area contributed by atoms with Crippen molar-refractivity contribution in [2.45, 2.75) is 26.4 Å². The van der Waals surface area contributed by atoms with E-state index in [2.05, 4.69) is 18.3 Å². The summed E-state index contributed by atoms with van der Waals surface area (Å²) in [4.78, 5) is 20.6. The third-order valence-corrected chi connectivity index (χ3v) is 1.59. The van der Waals surface area contributed by atoms with E-state index in [1.54, 1.807) is 6.92 Å². The molecule has 2 atom stereocenters. The molecule has 0 aromatic heterocycles. The van der Waals surface area contributed by atoms with E-state index in [0.29, 0.717) is 6.10 Å². The molecule has 14 heavy (non-hydrogen) atoms. The zero-order chi connectivity index (χ0) is 11.1. The Labute approximate surface area is 82.1 Å². The Morgan fingerprint density at radius 3 is 1.86 bits per heavy atom. The van der Waals surface area contributed by atoms with Gasteiger partial charge in [0.05, 0.1) is 25.0 Å². The second kappa shape index (κ2) is 6.32. The molecule has 2 fully saturated rings. The number of rotatable bonds is 0. The van der Waals surface area contributed by atoms with Crippen LogP contribution in [-0.2, 0) is 23.7 Å². The molecule has 2 aliphatic rings. The molecule has 0 aromatic rings. The zero-order valence-electron chi connectivity index (χ0n) is 8.11. The molecule has 0 spiro atoms. The first-order chi connectivity index (χ1) is 6.59. The second-order valence-electron chi connectivity index (χ2n) is 3.04. The van der Waals surface area contributed by atoms with Crippen molar-refractivity contribution in [2.24, 2.45) is 5.92 Å². The minimum absolute atomic E-state index is 0.220. The third-order valence-electron chi connectivity index (χ3n) is 1.59. The molecular formula is C9H12O5. The quantitative estimate of drug-likeness (QED) is 0.187. The van der Waals surface area contributed by atoms with Crippen LogP contribution >= 0.6 is 0 Å². The van der Waals surface area contributed by atoms with Gasteiger partial charge < -0.3 is 9.47 Å². The van der Waals surface area contributed by atoms with Crippen molar-refractivity contribution >= 4 is 11.9 Å². The normalized spacial score (nSPS) is 27.7. The van der Waals surface area contributed by atoms with Crippen molar-refractivity contribution in [3.05, 3.63) is 6.65 Å². The fourth-order valence-corrected chi connectivity index (χ4v) is 0.684. The van der Waals surface area contributed by atoms with Crippen molar-refractivity contribution in [1.29, 1.82) is 0 Å². The fraction of sp³-hybridized carbons (Fsp3) is 0.667. The molecule has 0 bridgehead atoms. The van der Waals surface area contributed by atoms with Crippen LogP contribution in [0.1, 0.15) is 20.3 Å². The Morgan fingerprint density at radius 1 is 1.36 bits per heavy atom. The Morgan fingerprint density at radius 2 is 1.79 bits per heavy atom. The molecule has 2 unspecified atom stereocenters.